The standard InChI is InChI=1S/C29H28OPS/c1-32-29(30)28(23-22-24-14-6-2-7-15-24)31(25-16-8-3-9-17-25,26-18-10-4-11-19-26)27-20-12-5-13-21-27/h2-21,28H,22-23H2,1H3/q+1. The molecular weight excluding hydrogens is 427 g/mol. The molecule has 0 spiro atoms. The van der Waals surface area contributed by atoms with Gasteiger partial charge in [-0.05, 0) is 61.1 Å². The van der Waals surface area contributed by atoms with Crippen molar-refractivity contribution in [3.63, 3.8) is 0 Å². The van der Waals surface area contributed by atoms with Gasteiger partial charge in [0.2, 0.25) is 5.12 Å². The number of thioether (sulfide) groups is 1. The topological polar surface area (TPSA) is 17.1 Å². The van der Waals surface area contributed by atoms with Crippen molar-refractivity contribution in [3.05, 3.63) is 127 Å². The second kappa shape index (κ2) is 10.8. The molecule has 4 aromatic carbocycles. The van der Waals surface area contributed by atoms with E-state index in [9.17, 15) is 4.79 Å². The number of benzene rings is 4. The summed E-state index contributed by atoms with van der Waals surface area (Å²) < 4.78 is 0. The summed E-state index contributed by atoms with van der Waals surface area (Å²) in [5, 5.41) is 4.06. The number of aryl methyl sites for hydroxylation is 1. The lowest BCUT2D eigenvalue weighted by atomic mass is 10.1. The zero-order valence-corrected chi connectivity index (χ0v) is 20.0. The number of carbonyl (C=O) groups excluding carboxylic acids is 1. The second-order valence-corrected chi connectivity index (χ2v) is 12.2. The second-order valence-electron chi connectivity index (χ2n) is 7.79. The van der Waals surface area contributed by atoms with Crippen LogP contribution in [0.4, 0.5) is 0 Å². The Morgan fingerprint density at radius 3 is 1.41 bits per heavy atom. The van der Waals surface area contributed by atoms with Crippen LogP contribution in [0.5, 0.6) is 0 Å². The largest absolute Gasteiger partial charge is 0.283 e. The Morgan fingerprint density at radius 2 is 1.03 bits per heavy atom. The van der Waals surface area contributed by atoms with Crippen LogP contribution in [0.25, 0.3) is 0 Å². The smallest absolute Gasteiger partial charge is 0.230 e. The molecule has 0 heterocycles. The first-order valence-electron chi connectivity index (χ1n) is 10.9. The zero-order chi connectivity index (χ0) is 22.2. The van der Waals surface area contributed by atoms with Crippen LogP contribution >= 0.6 is 19.0 Å². The Bertz CT molecular complexity index is 1020. The van der Waals surface area contributed by atoms with Crippen LogP contribution in [0.2, 0.25) is 0 Å². The third kappa shape index (κ3) is 4.58. The summed E-state index contributed by atoms with van der Waals surface area (Å²) >= 11 is 1.37. The van der Waals surface area contributed by atoms with Gasteiger partial charge in [0.25, 0.3) is 0 Å². The number of hydrogen-bond donors (Lipinski definition) is 0. The molecule has 3 heteroatoms. The van der Waals surface area contributed by atoms with Crippen LogP contribution in [-0.2, 0) is 11.2 Å². The van der Waals surface area contributed by atoms with E-state index in [-0.39, 0.29) is 10.8 Å². The average Bonchev–Trinajstić information content (AvgIpc) is 2.88. The maximum absolute atomic E-state index is 13.7. The highest BCUT2D eigenvalue weighted by atomic mass is 32.2. The van der Waals surface area contributed by atoms with E-state index in [1.54, 1.807) is 0 Å². The highest BCUT2D eigenvalue weighted by Crippen LogP contribution is 2.61. The van der Waals surface area contributed by atoms with Gasteiger partial charge < -0.3 is 0 Å². The fourth-order valence-corrected chi connectivity index (χ4v) is 10.4. The minimum atomic E-state index is -2.24. The lowest BCUT2D eigenvalue weighted by molar-refractivity contribution is -0.110. The minimum absolute atomic E-state index is 0.107. The average molecular weight is 456 g/mol. The summed E-state index contributed by atoms with van der Waals surface area (Å²) in [5.74, 6) is 0. The third-order valence-corrected chi connectivity index (χ3v) is 11.6. The molecule has 0 N–H and O–H groups in total. The Morgan fingerprint density at radius 1 is 0.656 bits per heavy atom. The maximum Gasteiger partial charge on any atom is 0.230 e. The summed E-state index contributed by atoms with van der Waals surface area (Å²) in [6, 6.07) is 42.6. The molecule has 0 bridgehead atoms. The predicted octanol–water partition coefficient (Wildman–Crippen LogP) is 5.87. The van der Waals surface area contributed by atoms with Gasteiger partial charge in [0.15, 0.2) is 5.66 Å². The van der Waals surface area contributed by atoms with Crippen molar-refractivity contribution in [1.29, 1.82) is 0 Å². The molecule has 0 aliphatic heterocycles. The Labute approximate surface area is 196 Å². The van der Waals surface area contributed by atoms with Crippen LogP contribution in [0.1, 0.15) is 12.0 Å². The normalized spacial score (nSPS) is 12.3. The summed E-state index contributed by atoms with van der Waals surface area (Å²) in [4.78, 5) is 13.7. The molecule has 0 amide bonds. The molecule has 160 valence electrons. The van der Waals surface area contributed by atoms with E-state index in [2.05, 4.69) is 115 Å². The van der Waals surface area contributed by atoms with Gasteiger partial charge in [-0.25, -0.2) is 0 Å². The van der Waals surface area contributed by atoms with Crippen molar-refractivity contribution in [3.8, 4) is 0 Å². The van der Waals surface area contributed by atoms with E-state index < -0.39 is 7.26 Å². The van der Waals surface area contributed by atoms with Gasteiger partial charge in [0.05, 0.1) is 0 Å². The van der Waals surface area contributed by atoms with E-state index in [1.165, 1.54) is 33.2 Å². The van der Waals surface area contributed by atoms with E-state index in [0.29, 0.717) is 0 Å². The molecule has 0 aliphatic carbocycles. The van der Waals surface area contributed by atoms with E-state index in [0.717, 1.165) is 12.8 Å². The van der Waals surface area contributed by atoms with Crippen LogP contribution < -0.4 is 15.9 Å². The molecule has 4 aromatic rings. The van der Waals surface area contributed by atoms with Crippen molar-refractivity contribution in [2.45, 2.75) is 18.5 Å². The van der Waals surface area contributed by atoms with Gasteiger partial charge in [-0.1, -0.05) is 96.7 Å². The fourth-order valence-electron chi connectivity index (χ4n) is 4.53. The Hall–Kier alpha value is -2.67. The first kappa shape index (κ1) is 22.5. The first-order chi connectivity index (χ1) is 15.8. The molecular formula is C29H28OPS+. The molecule has 0 fully saturated rings. The molecule has 4 rings (SSSR count). The maximum atomic E-state index is 13.7. The van der Waals surface area contributed by atoms with E-state index in [1.807, 2.05) is 12.3 Å². The highest BCUT2D eigenvalue weighted by molar-refractivity contribution is 8.14. The quantitative estimate of drug-likeness (QED) is 0.309. The molecule has 0 aromatic heterocycles. The van der Waals surface area contributed by atoms with Gasteiger partial charge in [-0.3, -0.25) is 4.79 Å². The SMILES string of the molecule is CSC(=O)C(CCc1ccccc1)[P+](c1ccccc1)(c1ccccc1)c1ccccc1. The van der Waals surface area contributed by atoms with Crippen LogP contribution in [0.15, 0.2) is 121 Å². The third-order valence-electron chi connectivity index (χ3n) is 5.98. The molecule has 0 saturated heterocycles. The van der Waals surface area contributed by atoms with Gasteiger partial charge >= 0.3 is 0 Å². The van der Waals surface area contributed by atoms with Crippen LogP contribution in [0.3, 0.4) is 0 Å². The summed E-state index contributed by atoms with van der Waals surface area (Å²) in [7, 11) is -2.24. The lowest BCUT2D eigenvalue weighted by Gasteiger charge is -2.33. The van der Waals surface area contributed by atoms with Crippen LogP contribution in [0, 0.1) is 0 Å². The minimum Gasteiger partial charge on any atom is -0.283 e. The fraction of sp³-hybridized carbons (Fsp3) is 0.138. The Kier molecular flexibility index (Phi) is 7.58. The number of rotatable bonds is 8. The molecule has 0 saturated carbocycles. The summed E-state index contributed by atoms with van der Waals surface area (Å²) in [6.07, 6.45) is 3.62. The van der Waals surface area contributed by atoms with Crippen molar-refractivity contribution < 1.29 is 4.79 Å². The highest BCUT2D eigenvalue weighted by Gasteiger charge is 2.54. The predicted molar refractivity (Wildman–Crippen MR) is 142 cm³/mol. The van der Waals surface area contributed by atoms with E-state index >= 15 is 0 Å². The molecule has 1 atom stereocenters. The van der Waals surface area contributed by atoms with Crippen molar-refractivity contribution in [2.75, 3.05) is 6.26 Å². The van der Waals surface area contributed by atoms with Gasteiger partial charge in [0.1, 0.15) is 23.2 Å². The molecule has 0 radical (unpaired) electrons. The van der Waals surface area contributed by atoms with Crippen molar-refractivity contribution in [1.82, 2.24) is 0 Å². The molecule has 1 nitrogen and oxygen atoms in total. The van der Waals surface area contributed by atoms with Crippen molar-refractivity contribution in [2.24, 2.45) is 0 Å². The first-order valence-corrected chi connectivity index (χ1v) is 14.0. The molecule has 0 aliphatic rings. The molecule has 1 unspecified atom stereocenters. The summed E-state index contributed by atoms with van der Waals surface area (Å²) in [6.45, 7) is 0. The zero-order valence-electron chi connectivity index (χ0n) is 18.3. The lowest BCUT2D eigenvalue weighted by Crippen LogP contribution is -2.42. The van der Waals surface area contributed by atoms with Gasteiger partial charge in [-0.15, -0.1) is 0 Å². The van der Waals surface area contributed by atoms with Gasteiger partial charge in [0, 0.05) is 0 Å². The van der Waals surface area contributed by atoms with E-state index in [4.69, 9.17) is 0 Å². The summed E-state index contributed by atoms with van der Waals surface area (Å²) in [5.41, 5.74) is 1.17. The van der Waals surface area contributed by atoms with Crippen molar-refractivity contribution >= 4 is 40.1 Å². The Balaban J connectivity index is 1.96. The molecule has 32 heavy (non-hydrogen) atoms. The number of carbonyl (C=O) groups is 1. The number of hydrogen-bond acceptors (Lipinski definition) is 2. The van der Waals surface area contributed by atoms with Crippen LogP contribution in [-0.4, -0.2) is 17.0 Å². The van der Waals surface area contributed by atoms with Gasteiger partial charge in [-0.2, -0.15) is 0 Å². The monoisotopic (exact) mass is 455 g/mol.